The molecule has 0 spiro atoms. The number of hydrogen-bond donors (Lipinski definition) is 3. The van der Waals surface area contributed by atoms with Crippen LogP contribution in [0.3, 0.4) is 0 Å². The lowest BCUT2D eigenvalue weighted by atomic mass is 10.0. The van der Waals surface area contributed by atoms with Crippen molar-refractivity contribution in [3.63, 3.8) is 0 Å². The minimum absolute atomic E-state index is 0.943. The molecular weight excluding hydrogens is 512 g/mol. The predicted molar refractivity (Wildman–Crippen MR) is 117 cm³/mol. The van der Waals surface area contributed by atoms with E-state index in [4.69, 9.17) is 24.9 Å². The van der Waals surface area contributed by atoms with Crippen LogP contribution in [-0.2, 0) is 36.1 Å². The van der Waals surface area contributed by atoms with Crippen molar-refractivity contribution in [2.24, 2.45) is 7.05 Å². The topological polar surface area (TPSA) is 124 Å². The fourth-order valence-electron chi connectivity index (χ4n) is 3.41. The third-order valence-electron chi connectivity index (χ3n) is 5.03. The zero-order chi connectivity index (χ0) is 27.8. The van der Waals surface area contributed by atoms with Gasteiger partial charge in [0.15, 0.2) is 0 Å². The van der Waals surface area contributed by atoms with Gasteiger partial charge >= 0.3 is 24.3 Å². The molecule has 0 unspecified atom stereocenters. The largest absolute Gasteiger partial charge is 0.490 e. The summed E-state index contributed by atoms with van der Waals surface area (Å²) >= 11 is 0. The minimum Gasteiger partial charge on any atom is -0.475 e. The Morgan fingerprint density at radius 2 is 1.68 bits per heavy atom. The number of carboxylic acids is 2. The summed E-state index contributed by atoms with van der Waals surface area (Å²) in [4.78, 5) is 27.8. The monoisotopic (exact) mass is 535 g/mol. The lowest BCUT2D eigenvalue weighted by molar-refractivity contribution is -0.193. The zero-order valence-corrected chi connectivity index (χ0v) is 19.3. The quantitative estimate of drug-likeness (QED) is 0.433. The van der Waals surface area contributed by atoms with E-state index in [9.17, 15) is 26.3 Å². The number of aryl methyl sites for hydroxylation is 1. The van der Waals surface area contributed by atoms with E-state index in [1.54, 1.807) is 0 Å². The smallest absolute Gasteiger partial charge is 0.475 e. The fraction of sp³-hybridized carbons (Fsp3) is 0.364. The molecule has 37 heavy (non-hydrogen) atoms. The highest BCUT2D eigenvalue weighted by Crippen LogP contribution is 2.29. The summed E-state index contributed by atoms with van der Waals surface area (Å²) in [6.45, 7) is 3.01. The second kappa shape index (κ2) is 12.4. The first kappa shape index (κ1) is 29.4. The highest BCUT2D eigenvalue weighted by atomic mass is 19.4. The molecule has 3 aromatic rings. The van der Waals surface area contributed by atoms with Gasteiger partial charge in [-0.25, -0.2) is 9.59 Å². The lowest BCUT2D eigenvalue weighted by Crippen LogP contribution is -2.24. The number of pyridine rings is 1. The first-order valence-corrected chi connectivity index (χ1v) is 10.6. The van der Waals surface area contributed by atoms with E-state index >= 15 is 0 Å². The van der Waals surface area contributed by atoms with Gasteiger partial charge in [-0.2, -0.15) is 31.4 Å². The molecule has 0 radical (unpaired) electrons. The van der Waals surface area contributed by atoms with E-state index in [2.05, 4.69) is 40.1 Å². The van der Waals surface area contributed by atoms with Crippen molar-refractivity contribution >= 4 is 11.9 Å². The summed E-state index contributed by atoms with van der Waals surface area (Å²) in [7, 11) is 2.05. The Morgan fingerprint density at radius 1 is 1.05 bits per heavy atom. The van der Waals surface area contributed by atoms with Gasteiger partial charge in [-0.05, 0) is 43.7 Å². The normalized spacial score (nSPS) is 13.8. The summed E-state index contributed by atoms with van der Waals surface area (Å²) in [6.07, 6.45) is -2.22. The van der Waals surface area contributed by atoms with Gasteiger partial charge in [-0.3, -0.25) is 14.6 Å². The Bertz CT molecular complexity index is 1140. The van der Waals surface area contributed by atoms with E-state index in [0.29, 0.717) is 0 Å². The van der Waals surface area contributed by atoms with Gasteiger partial charge in [0.1, 0.15) is 0 Å². The van der Waals surface area contributed by atoms with Crippen LogP contribution in [0, 0.1) is 0 Å². The molecular formula is C22H23F6N5O4. The molecule has 4 rings (SSSR count). The second-order valence-corrected chi connectivity index (χ2v) is 7.75. The molecule has 202 valence electrons. The maximum Gasteiger partial charge on any atom is 0.490 e. The van der Waals surface area contributed by atoms with Crippen molar-refractivity contribution < 1.29 is 46.1 Å². The summed E-state index contributed by atoms with van der Waals surface area (Å²) < 4.78 is 65.5. The highest BCUT2D eigenvalue weighted by Gasteiger charge is 2.38. The van der Waals surface area contributed by atoms with Gasteiger partial charge in [-0.15, -0.1) is 0 Å². The number of carboxylic acid groups (broad SMARTS) is 2. The SMILES string of the molecule is Cn1nc(-c2cccnc2)c2c1CN(Cc1ccc[nH]1)CCC2.O=C(O)C(F)(F)F.O=C(O)C(F)(F)F. The summed E-state index contributed by atoms with van der Waals surface area (Å²) in [5.74, 6) is -5.51. The average molecular weight is 535 g/mol. The van der Waals surface area contributed by atoms with Crippen LogP contribution in [0.4, 0.5) is 26.3 Å². The van der Waals surface area contributed by atoms with E-state index in [1.165, 1.54) is 17.0 Å². The number of aromatic amines is 1. The van der Waals surface area contributed by atoms with Crippen LogP contribution in [0.5, 0.6) is 0 Å². The molecule has 9 nitrogen and oxygen atoms in total. The highest BCUT2D eigenvalue weighted by molar-refractivity contribution is 5.73. The minimum atomic E-state index is -5.08. The Labute approximate surface area is 206 Å². The molecule has 0 atom stereocenters. The van der Waals surface area contributed by atoms with Crippen LogP contribution in [-0.4, -0.2) is 65.7 Å². The van der Waals surface area contributed by atoms with Crippen LogP contribution in [0.2, 0.25) is 0 Å². The molecule has 0 amide bonds. The number of H-pyrrole nitrogens is 1. The number of fused-ring (bicyclic) bond motifs is 1. The maximum absolute atomic E-state index is 10.6. The van der Waals surface area contributed by atoms with Gasteiger partial charge in [0.05, 0.1) is 11.4 Å². The molecule has 1 aliphatic heterocycles. The molecule has 0 bridgehead atoms. The van der Waals surface area contributed by atoms with Crippen molar-refractivity contribution in [2.75, 3.05) is 6.54 Å². The number of nitrogens with one attached hydrogen (secondary N) is 1. The second-order valence-electron chi connectivity index (χ2n) is 7.75. The van der Waals surface area contributed by atoms with Gasteiger partial charge in [-0.1, -0.05) is 0 Å². The van der Waals surface area contributed by atoms with Crippen LogP contribution in [0.1, 0.15) is 23.4 Å². The van der Waals surface area contributed by atoms with Crippen LogP contribution < -0.4 is 0 Å². The number of rotatable bonds is 3. The van der Waals surface area contributed by atoms with Crippen LogP contribution >= 0.6 is 0 Å². The van der Waals surface area contributed by atoms with Crippen LogP contribution in [0.25, 0.3) is 11.3 Å². The molecule has 4 heterocycles. The Kier molecular flexibility index (Phi) is 9.82. The number of aliphatic carboxylic acids is 2. The zero-order valence-electron chi connectivity index (χ0n) is 19.3. The standard InChI is InChI=1S/C18H21N5.2C2HF3O2/c1-22-17-13-23(12-15-6-3-9-20-15)10-4-7-16(17)18(21-22)14-5-2-8-19-11-14;2*3-2(4,5)1(6)7/h2-3,5-6,8-9,11,20H,4,7,10,12-13H2,1H3;2*(H,6,7). The first-order valence-electron chi connectivity index (χ1n) is 10.6. The average Bonchev–Trinajstić information content (AvgIpc) is 3.36. The summed E-state index contributed by atoms with van der Waals surface area (Å²) in [5.41, 5.74) is 6.19. The molecule has 3 N–H and O–H groups in total. The summed E-state index contributed by atoms with van der Waals surface area (Å²) in [5, 5.41) is 19.0. The molecule has 0 saturated carbocycles. The number of alkyl halides is 6. The van der Waals surface area contributed by atoms with Gasteiger partial charge in [0, 0.05) is 55.5 Å². The van der Waals surface area contributed by atoms with E-state index in [0.717, 1.165) is 43.7 Å². The number of nitrogens with zero attached hydrogens (tertiary/aromatic N) is 4. The summed E-state index contributed by atoms with van der Waals surface area (Å²) in [6, 6.07) is 8.28. The Hall–Kier alpha value is -3.88. The fourth-order valence-corrected chi connectivity index (χ4v) is 3.41. The van der Waals surface area contributed by atoms with Crippen molar-refractivity contribution in [3.8, 4) is 11.3 Å². The number of halogens is 6. The Morgan fingerprint density at radius 3 is 2.16 bits per heavy atom. The molecule has 0 saturated heterocycles. The molecule has 1 aliphatic rings. The van der Waals surface area contributed by atoms with Crippen LogP contribution in [0.15, 0.2) is 42.9 Å². The van der Waals surface area contributed by atoms with Gasteiger partial charge < -0.3 is 15.2 Å². The molecule has 0 fully saturated rings. The molecule has 3 aromatic heterocycles. The lowest BCUT2D eigenvalue weighted by Gasteiger charge is -2.19. The Balaban J connectivity index is 0.000000286. The first-order chi connectivity index (χ1) is 17.2. The van der Waals surface area contributed by atoms with E-state index < -0.39 is 24.3 Å². The van der Waals surface area contributed by atoms with Gasteiger partial charge in [0.2, 0.25) is 0 Å². The molecule has 0 aliphatic carbocycles. The van der Waals surface area contributed by atoms with Crippen molar-refractivity contribution in [1.29, 1.82) is 0 Å². The van der Waals surface area contributed by atoms with Gasteiger partial charge in [0.25, 0.3) is 0 Å². The third kappa shape index (κ3) is 8.93. The van der Waals surface area contributed by atoms with E-state index in [1.807, 2.05) is 29.3 Å². The molecule has 0 aromatic carbocycles. The third-order valence-corrected chi connectivity index (χ3v) is 5.03. The van der Waals surface area contributed by atoms with Crippen molar-refractivity contribution in [2.45, 2.75) is 38.3 Å². The maximum atomic E-state index is 10.6. The van der Waals surface area contributed by atoms with Crippen molar-refractivity contribution in [1.82, 2.24) is 24.6 Å². The predicted octanol–water partition coefficient (Wildman–Crippen LogP) is 4.03. The number of aromatic nitrogens is 4. The van der Waals surface area contributed by atoms with E-state index in [-0.39, 0.29) is 0 Å². The van der Waals surface area contributed by atoms with Crippen molar-refractivity contribution in [3.05, 3.63) is 59.8 Å². The number of carbonyl (C=O) groups is 2. The molecule has 15 heteroatoms. The number of hydrogen-bond acceptors (Lipinski definition) is 5.